The fraction of sp³-hybridized carbons (Fsp3) is 0.222. The fourth-order valence-corrected chi connectivity index (χ4v) is 5.91. The highest BCUT2D eigenvalue weighted by atomic mass is 32.2. The molecule has 3 amide bonds. The number of rotatable bonds is 6. The van der Waals surface area contributed by atoms with Crippen LogP contribution in [-0.2, 0) is 25.8 Å². The van der Waals surface area contributed by atoms with Crippen LogP contribution in [0.25, 0.3) is 0 Å². The van der Waals surface area contributed by atoms with Crippen molar-refractivity contribution in [2.75, 3.05) is 29.2 Å². The minimum atomic E-state index is -1.25. The van der Waals surface area contributed by atoms with Crippen LogP contribution in [0.4, 0.5) is 11.4 Å². The number of nitrogens with one attached hydrogen (secondary N) is 1. The van der Waals surface area contributed by atoms with Gasteiger partial charge in [0.25, 0.3) is 5.91 Å². The predicted molar refractivity (Wildman–Crippen MR) is 136 cm³/mol. The molecule has 8 heteroatoms. The molecular formula is C27H25N3O4S. The number of anilines is 2. The van der Waals surface area contributed by atoms with E-state index in [2.05, 4.69) is 5.32 Å². The molecule has 178 valence electrons. The average molecular weight is 488 g/mol. The van der Waals surface area contributed by atoms with Gasteiger partial charge in [-0.05, 0) is 42.8 Å². The minimum Gasteiger partial charge on any atom is -0.497 e. The van der Waals surface area contributed by atoms with Gasteiger partial charge in [-0.1, -0.05) is 48.0 Å². The van der Waals surface area contributed by atoms with E-state index in [0.29, 0.717) is 29.2 Å². The van der Waals surface area contributed by atoms with Gasteiger partial charge in [-0.2, -0.15) is 0 Å². The van der Waals surface area contributed by atoms with Crippen LogP contribution >= 0.6 is 11.8 Å². The summed E-state index contributed by atoms with van der Waals surface area (Å²) in [6.45, 7) is 2.25. The zero-order valence-corrected chi connectivity index (χ0v) is 20.3. The van der Waals surface area contributed by atoms with E-state index in [0.717, 1.165) is 11.1 Å². The molecule has 0 aliphatic carbocycles. The second-order valence-corrected chi connectivity index (χ2v) is 9.70. The van der Waals surface area contributed by atoms with Gasteiger partial charge in [0.2, 0.25) is 16.7 Å². The molecule has 0 radical (unpaired) electrons. The summed E-state index contributed by atoms with van der Waals surface area (Å²) >= 11 is 1.29. The van der Waals surface area contributed by atoms with E-state index >= 15 is 0 Å². The third kappa shape index (κ3) is 3.93. The lowest BCUT2D eigenvalue weighted by Gasteiger charge is -2.33. The molecule has 35 heavy (non-hydrogen) atoms. The van der Waals surface area contributed by atoms with E-state index in [-0.39, 0.29) is 30.0 Å². The molecule has 2 aliphatic heterocycles. The summed E-state index contributed by atoms with van der Waals surface area (Å²) in [5.74, 6) is 0.104. The van der Waals surface area contributed by atoms with Crippen molar-refractivity contribution in [1.29, 1.82) is 0 Å². The molecule has 0 saturated carbocycles. The van der Waals surface area contributed by atoms with E-state index in [4.69, 9.17) is 4.74 Å². The third-order valence-electron chi connectivity index (χ3n) is 6.31. The van der Waals surface area contributed by atoms with E-state index in [1.54, 1.807) is 36.3 Å². The molecule has 2 heterocycles. The number of methoxy groups -OCH3 is 1. The Balaban J connectivity index is 1.44. The lowest BCUT2D eigenvalue weighted by atomic mass is 10.0. The zero-order chi connectivity index (χ0) is 24.6. The molecule has 1 saturated heterocycles. The maximum Gasteiger partial charge on any atom is 0.269 e. The van der Waals surface area contributed by atoms with Crippen LogP contribution in [0.1, 0.15) is 16.7 Å². The van der Waals surface area contributed by atoms with Crippen molar-refractivity contribution in [2.45, 2.75) is 18.3 Å². The van der Waals surface area contributed by atoms with Crippen molar-refractivity contribution in [3.8, 4) is 5.75 Å². The van der Waals surface area contributed by atoms with Gasteiger partial charge in [-0.15, -0.1) is 11.8 Å². The van der Waals surface area contributed by atoms with E-state index in [1.165, 1.54) is 16.7 Å². The molecule has 0 bridgehead atoms. The number of aryl methyl sites for hydroxylation is 1. The maximum absolute atomic E-state index is 14.0. The molecule has 2 aliphatic rings. The quantitative estimate of drug-likeness (QED) is 0.575. The highest BCUT2D eigenvalue weighted by Crippen LogP contribution is 2.55. The number of hydrogen-bond acceptors (Lipinski definition) is 5. The lowest BCUT2D eigenvalue weighted by Crippen LogP contribution is -2.51. The molecule has 3 aromatic carbocycles. The van der Waals surface area contributed by atoms with Crippen LogP contribution in [0, 0.1) is 6.92 Å². The number of benzene rings is 3. The number of fused-ring (bicyclic) bond motifs is 2. The first-order chi connectivity index (χ1) is 16.9. The Kier molecular flexibility index (Phi) is 5.98. The lowest BCUT2D eigenvalue weighted by molar-refractivity contribution is -0.125. The second-order valence-electron chi connectivity index (χ2n) is 8.53. The topological polar surface area (TPSA) is 79.0 Å². The number of para-hydroxylation sites is 1. The number of hydrogen-bond donors (Lipinski definition) is 1. The first-order valence-corrected chi connectivity index (χ1v) is 12.3. The Morgan fingerprint density at radius 3 is 2.46 bits per heavy atom. The van der Waals surface area contributed by atoms with Crippen LogP contribution in [0.3, 0.4) is 0 Å². The van der Waals surface area contributed by atoms with Gasteiger partial charge in [0.05, 0.1) is 18.6 Å². The van der Waals surface area contributed by atoms with Gasteiger partial charge in [-0.3, -0.25) is 24.2 Å². The molecule has 7 nitrogen and oxygen atoms in total. The Morgan fingerprint density at radius 2 is 1.74 bits per heavy atom. The van der Waals surface area contributed by atoms with Crippen molar-refractivity contribution in [3.05, 3.63) is 89.5 Å². The number of ether oxygens (including phenoxy) is 1. The summed E-state index contributed by atoms with van der Waals surface area (Å²) in [7, 11) is 1.58. The summed E-state index contributed by atoms with van der Waals surface area (Å²) in [5.41, 5.74) is 4.09. The van der Waals surface area contributed by atoms with Crippen molar-refractivity contribution in [3.63, 3.8) is 0 Å². The largest absolute Gasteiger partial charge is 0.497 e. The Labute approximate surface area is 208 Å². The van der Waals surface area contributed by atoms with Gasteiger partial charge in [-0.25, -0.2) is 0 Å². The minimum absolute atomic E-state index is 0.130. The molecule has 0 aromatic heterocycles. The smallest absolute Gasteiger partial charge is 0.269 e. The van der Waals surface area contributed by atoms with Crippen LogP contribution < -0.4 is 19.9 Å². The van der Waals surface area contributed by atoms with Gasteiger partial charge >= 0.3 is 0 Å². The standard InChI is InChI=1S/C27H25N3O4S/c1-18-7-9-19(10-8-18)15-28-24(31)16-29-23-6-4-3-5-22(23)27(26(29)33)30(25(32)17-35-27)20-11-13-21(34-2)14-12-20/h3-14H,15-17H2,1-2H3,(H,28,31). The fourth-order valence-electron chi connectivity index (χ4n) is 4.55. The number of thioether (sulfide) groups is 1. The van der Waals surface area contributed by atoms with Crippen molar-refractivity contribution < 1.29 is 19.1 Å². The van der Waals surface area contributed by atoms with Crippen molar-refractivity contribution >= 4 is 40.9 Å². The molecule has 1 spiro atoms. The summed E-state index contributed by atoms with van der Waals surface area (Å²) in [6.07, 6.45) is 0. The summed E-state index contributed by atoms with van der Waals surface area (Å²) < 4.78 is 5.25. The van der Waals surface area contributed by atoms with Gasteiger partial charge < -0.3 is 10.1 Å². The summed E-state index contributed by atoms with van der Waals surface area (Å²) in [5, 5.41) is 2.91. The van der Waals surface area contributed by atoms with Gasteiger partial charge in [0.15, 0.2) is 0 Å². The SMILES string of the molecule is COc1ccc(N2C(=O)CSC23C(=O)N(CC(=O)NCc2ccc(C)cc2)c2ccccc23)cc1. The monoisotopic (exact) mass is 487 g/mol. The maximum atomic E-state index is 14.0. The Hall–Kier alpha value is -3.78. The van der Waals surface area contributed by atoms with E-state index in [1.807, 2.05) is 55.5 Å². The van der Waals surface area contributed by atoms with Crippen molar-refractivity contribution in [2.24, 2.45) is 0 Å². The molecule has 1 fully saturated rings. The molecule has 1 N–H and O–H groups in total. The van der Waals surface area contributed by atoms with Crippen LogP contribution in [0.5, 0.6) is 5.75 Å². The summed E-state index contributed by atoms with van der Waals surface area (Å²) in [6, 6.07) is 22.4. The van der Waals surface area contributed by atoms with Crippen LogP contribution in [0.2, 0.25) is 0 Å². The van der Waals surface area contributed by atoms with Crippen LogP contribution in [0.15, 0.2) is 72.8 Å². The third-order valence-corrected chi connectivity index (χ3v) is 7.69. The first-order valence-electron chi connectivity index (χ1n) is 11.3. The van der Waals surface area contributed by atoms with Gasteiger partial charge in [0, 0.05) is 17.8 Å². The molecule has 1 atom stereocenters. The summed E-state index contributed by atoms with van der Waals surface area (Å²) in [4.78, 5) is 41.7. The normalized spacial score (nSPS) is 18.8. The highest BCUT2D eigenvalue weighted by molar-refractivity contribution is 8.02. The van der Waals surface area contributed by atoms with E-state index < -0.39 is 4.87 Å². The molecule has 1 unspecified atom stereocenters. The molecular weight excluding hydrogens is 462 g/mol. The Bertz CT molecular complexity index is 1290. The van der Waals surface area contributed by atoms with Crippen molar-refractivity contribution in [1.82, 2.24) is 5.32 Å². The predicted octanol–water partition coefficient (Wildman–Crippen LogP) is 3.60. The second kappa shape index (κ2) is 9.11. The average Bonchev–Trinajstić information content (AvgIpc) is 3.34. The number of amides is 3. The molecule has 5 rings (SSSR count). The van der Waals surface area contributed by atoms with Gasteiger partial charge in [0.1, 0.15) is 12.3 Å². The highest BCUT2D eigenvalue weighted by Gasteiger charge is 2.61. The number of carbonyl (C=O) groups is 3. The zero-order valence-electron chi connectivity index (χ0n) is 19.5. The Morgan fingerprint density at radius 1 is 1.03 bits per heavy atom. The first kappa shape index (κ1) is 23.0. The number of carbonyl (C=O) groups excluding carboxylic acids is 3. The molecule has 3 aromatic rings. The number of nitrogens with zero attached hydrogens (tertiary/aromatic N) is 2. The van der Waals surface area contributed by atoms with E-state index in [9.17, 15) is 14.4 Å². The van der Waals surface area contributed by atoms with Crippen LogP contribution in [-0.4, -0.2) is 37.1 Å².